The predicted molar refractivity (Wildman–Crippen MR) is 75.2 cm³/mol. The third-order valence-corrected chi connectivity index (χ3v) is 4.03. The van der Waals surface area contributed by atoms with Gasteiger partial charge in [0.25, 0.3) is 5.69 Å². The van der Waals surface area contributed by atoms with E-state index in [2.05, 4.69) is 26.1 Å². The van der Waals surface area contributed by atoms with E-state index in [0.717, 1.165) is 29.7 Å². The molecule has 5 nitrogen and oxygen atoms in total. The molecule has 0 amide bonds. The maximum Gasteiger partial charge on any atom is 0.273 e. The van der Waals surface area contributed by atoms with Crippen LogP contribution in [0, 0.1) is 17.0 Å². The highest BCUT2D eigenvalue weighted by atomic mass is 79.9. The van der Waals surface area contributed by atoms with Crippen LogP contribution >= 0.6 is 15.9 Å². The summed E-state index contributed by atoms with van der Waals surface area (Å²) in [6.07, 6.45) is 1.10. The molecule has 1 heterocycles. The molecule has 6 heteroatoms. The fourth-order valence-electron chi connectivity index (χ4n) is 2.31. The first-order valence-corrected chi connectivity index (χ1v) is 6.69. The van der Waals surface area contributed by atoms with Crippen molar-refractivity contribution in [3.8, 4) is 0 Å². The lowest BCUT2D eigenvalue weighted by atomic mass is 10.1. The maximum absolute atomic E-state index is 10.9. The highest BCUT2D eigenvalue weighted by molar-refractivity contribution is 9.10. The summed E-state index contributed by atoms with van der Waals surface area (Å²) in [5.74, 6) is 0. The van der Waals surface area contributed by atoms with Crippen molar-refractivity contribution in [2.45, 2.75) is 19.4 Å². The molecule has 0 saturated carbocycles. The van der Waals surface area contributed by atoms with E-state index in [-0.39, 0.29) is 10.6 Å². The van der Waals surface area contributed by atoms with Gasteiger partial charge >= 0.3 is 0 Å². The fraction of sp³-hybridized carbons (Fsp3) is 0.500. The van der Waals surface area contributed by atoms with Crippen LogP contribution in [0.4, 0.5) is 11.4 Å². The minimum absolute atomic E-state index is 0.162. The summed E-state index contributed by atoms with van der Waals surface area (Å²) in [5, 5.41) is 14.1. The number of hydrogen-bond acceptors (Lipinski definition) is 4. The van der Waals surface area contributed by atoms with Crippen LogP contribution in [0.2, 0.25) is 0 Å². The summed E-state index contributed by atoms with van der Waals surface area (Å²) in [4.78, 5) is 12.8. The van der Waals surface area contributed by atoms with Crippen LogP contribution in [0.25, 0.3) is 0 Å². The summed E-state index contributed by atoms with van der Waals surface area (Å²) in [6, 6.07) is 3.98. The molecular weight excluding hydrogens is 298 g/mol. The van der Waals surface area contributed by atoms with Crippen molar-refractivity contribution in [2.24, 2.45) is 0 Å². The van der Waals surface area contributed by atoms with E-state index in [1.54, 1.807) is 13.0 Å². The number of nitro groups is 1. The average molecular weight is 314 g/mol. The zero-order valence-corrected chi connectivity index (χ0v) is 12.0. The molecule has 1 aromatic rings. The third-order valence-electron chi connectivity index (χ3n) is 3.40. The monoisotopic (exact) mass is 313 g/mol. The molecule has 1 aliphatic rings. The minimum Gasteiger partial charge on any atom is -0.369 e. The molecule has 1 fully saturated rings. The Labute approximate surface area is 114 Å². The van der Waals surface area contributed by atoms with Gasteiger partial charge in [0.2, 0.25) is 0 Å². The first kappa shape index (κ1) is 13.3. The van der Waals surface area contributed by atoms with Crippen LogP contribution < -0.4 is 10.2 Å². The topological polar surface area (TPSA) is 58.4 Å². The fourth-order valence-corrected chi connectivity index (χ4v) is 2.89. The summed E-state index contributed by atoms with van der Waals surface area (Å²) in [5.41, 5.74) is 1.90. The van der Waals surface area contributed by atoms with E-state index in [1.165, 1.54) is 0 Å². The molecule has 1 aromatic carbocycles. The Balaban J connectivity index is 2.30. The van der Waals surface area contributed by atoms with Crippen LogP contribution in [-0.4, -0.2) is 31.1 Å². The van der Waals surface area contributed by atoms with E-state index in [4.69, 9.17) is 0 Å². The van der Waals surface area contributed by atoms with Crippen LogP contribution in [0.3, 0.4) is 0 Å². The summed E-state index contributed by atoms with van der Waals surface area (Å²) >= 11 is 3.43. The standard InChI is InChI=1S/C12H16BrN3O2/c1-8-5-12(10(13)6-11(8)16(17)18)15-4-3-9(7-15)14-2/h5-6,9,14H,3-4,7H2,1-2H3. The normalized spacial score (nSPS) is 19.3. The van der Waals surface area contributed by atoms with Gasteiger partial charge in [-0.3, -0.25) is 10.1 Å². The van der Waals surface area contributed by atoms with Gasteiger partial charge in [0.15, 0.2) is 0 Å². The van der Waals surface area contributed by atoms with Crippen LogP contribution in [0.15, 0.2) is 16.6 Å². The van der Waals surface area contributed by atoms with Gasteiger partial charge in [0.05, 0.1) is 10.6 Å². The molecular formula is C12H16BrN3O2. The zero-order chi connectivity index (χ0) is 13.3. The van der Waals surface area contributed by atoms with E-state index in [9.17, 15) is 10.1 Å². The predicted octanol–water partition coefficient (Wildman–Crippen LogP) is 2.46. The Bertz CT molecular complexity index is 479. The minimum atomic E-state index is -0.343. The molecule has 1 N–H and O–H groups in total. The Morgan fingerprint density at radius 1 is 1.56 bits per heavy atom. The van der Waals surface area contributed by atoms with Crippen molar-refractivity contribution >= 4 is 27.3 Å². The van der Waals surface area contributed by atoms with Gasteiger partial charge in [-0.2, -0.15) is 0 Å². The Hall–Kier alpha value is -1.14. The second-order valence-corrected chi connectivity index (χ2v) is 5.42. The second kappa shape index (κ2) is 5.24. The first-order valence-electron chi connectivity index (χ1n) is 5.89. The number of anilines is 1. The van der Waals surface area contributed by atoms with E-state index < -0.39 is 0 Å². The van der Waals surface area contributed by atoms with Gasteiger partial charge in [-0.25, -0.2) is 0 Å². The van der Waals surface area contributed by atoms with Crippen molar-refractivity contribution in [2.75, 3.05) is 25.0 Å². The molecule has 0 aromatic heterocycles. The van der Waals surface area contributed by atoms with Gasteiger partial charge in [-0.05, 0) is 42.4 Å². The van der Waals surface area contributed by atoms with Gasteiger partial charge < -0.3 is 10.2 Å². The van der Waals surface area contributed by atoms with Gasteiger partial charge in [0.1, 0.15) is 0 Å². The number of benzene rings is 1. The SMILES string of the molecule is CNC1CCN(c2cc(C)c([N+](=O)[O-])cc2Br)C1. The van der Waals surface area contributed by atoms with Crippen LogP contribution in [0.1, 0.15) is 12.0 Å². The molecule has 2 rings (SSSR count). The lowest BCUT2D eigenvalue weighted by Crippen LogP contribution is -2.29. The summed E-state index contributed by atoms with van der Waals surface area (Å²) in [6.45, 7) is 3.69. The van der Waals surface area contributed by atoms with Gasteiger partial charge in [-0.15, -0.1) is 0 Å². The zero-order valence-electron chi connectivity index (χ0n) is 10.4. The molecule has 1 unspecified atom stereocenters. The lowest BCUT2D eigenvalue weighted by molar-refractivity contribution is -0.385. The van der Waals surface area contributed by atoms with Gasteiger partial charge in [0, 0.05) is 35.2 Å². The molecule has 18 heavy (non-hydrogen) atoms. The van der Waals surface area contributed by atoms with Crippen molar-refractivity contribution in [3.05, 3.63) is 32.3 Å². The molecule has 98 valence electrons. The molecule has 0 bridgehead atoms. The van der Waals surface area contributed by atoms with E-state index in [0.29, 0.717) is 11.6 Å². The van der Waals surface area contributed by atoms with Crippen molar-refractivity contribution in [3.63, 3.8) is 0 Å². The van der Waals surface area contributed by atoms with Crippen molar-refractivity contribution in [1.29, 1.82) is 0 Å². The number of halogens is 1. The number of nitrogens with one attached hydrogen (secondary N) is 1. The first-order chi connectivity index (χ1) is 8.52. The van der Waals surface area contributed by atoms with Crippen LogP contribution in [0.5, 0.6) is 0 Å². The smallest absolute Gasteiger partial charge is 0.273 e. The Kier molecular flexibility index (Phi) is 3.87. The number of nitrogens with zero attached hydrogens (tertiary/aromatic N) is 2. The summed E-state index contributed by atoms with van der Waals surface area (Å²) in [7, 11) is 1.96. The van der Waals surface area contributed by atoms with E-state index >= 15 is 0 Å². The molecule has 0 aliphatic carbocycles. The Morgan fingerprint density at radius 3 is 2.83 bits per heavy atom. The van der Waals surface area contributed by atoms with Crippen molar-refractivity contribution < 1.29 is 4.92 Å². The number of likely N-dealkylation sites (N-methyl/N-ethyl adjacent to an activating group) is 1. The number of hydrogen-bond donors (Lipinski definition) is 1. The largest absolute Gasteiger partial charge is 0.369 e. The maximum atomic E-state index is 10.9. The van der Waals surface area contributed by atoms with Crippen LogP contribution in [-0.2, 0) is 0 Å². The third kappa shape index (κ3) is 2.49. The lowest BCUT2D eigenvalue weighted by Gasteiger charge is -2.20. The quantitative estimate of drug-likeness (QED) is 0.688. The highest BCUT2D eigenvalue weighted by Crippen LogP contribution is 2.34. The number of rotatable bonds is 3. The number of aryl methyl sites for hydroxylation is 1. The molecule has 0 radical (unpaired) electrons. The van der Waals surface area contributed by atoms with Gasteiger partial charge in [-0.1, -0.05) is 0 Å². The number of nitro benzene ring substituents is 1. The second-order valence-electron chi connectivity index (χ2n) is 4.57. The molecule has 1 atom stereocenters. The molecule has 1 aliphatic heterocycles. The Morgan fingerprint density at radius 2 is 2.28 bits per heavy atom. The summed E-state index contributed by atoms with van der Waals surface area (Å²) < 4.78 is 0.788. The average Bonchev–Trinajstić information content (AvgIpc) is 2.79. The highest BCUT2D eigenvalue weighted by Gasteiger charge is 2.24. The van der Waals surface area contributed by atoms with Crippen molar-refractivity contribution in [1.82, 2.24) is 5.32 Å². The molecule has 1 saturated heterocycles. The molecule has 0 spiro atoms. The van der Waals surface area contributed by atoms with E-state index in [1.807, 2.05) is 13.1 Å².